The second-order valence-electron chi connectivity index (χ2n) is 4.42. The van der Waals surface area contributed by atoms with Gasteiger partial charge in [-0.25, -0.2) is 24.6 Å². The number of nitrogen functional groups attached to an aromatic ring is 1. The molecule has 0 aliphatic rings. The van der Waals surface area contributed by atoms with Crippen LogP contribution in [-0.4, -0.2) is 9.97 Å². The van der Waals surface area contributed by atoms with Crippen molar-refractivity contribution in [1.29, 1.82) is 0 Å². The van der Waals surface area contributed by atoms with Gasteiger partial charge in [0, 0.05) is 5.56 Å². The summed E-state index contributed by atoms with van der Waals surface area (Å²) < 4.78 is 26.9. The van der Waals surface area contributed by atoms with Gasteiger partial charge in [-0.05, 0) is 24.1 Å². The van der Waals surface area contributed by atoms with Crippen molar-refractivity contribution in [3.05, 3.63) is 41.7 Å². The highest BCUT2D eigenvalue weighted by Gasteiger charge is 2.17. The van der Waals surface area contributed by atoms with Crippen molar-refractivity contribution in [2.75, 3.05) is 5.43 Å². The van der Waals surface area contributed by atoms with E-state index in [1.54, 1.807) is 0 Å². The number of aromatic nitrogens is 2. The molecule has 2 aromatic rings. The van der Waals surface area contributed by atoms with E-state index in [-0.39, 0.29) is 10.8 Å². The quantitative estimate of drug-likeness (QED) is 0.515. The Hall–Kier alpha value is -1.73. The number of nitrogens with one attached hydrogen (secondary N) is 1. The molecule has 0 radical (unpaired) electrons. The minimum Gasteiger partial charge on any atom is -0.308 e. The van der Waals surface area contributed by atoms with E-state index in [1.165, 1.54) is 6.33 Å². The van der Waals surface area contributed by atoms with Gasteiger partial charge in [0.1, 0.15) is 28.8 Å². The molecular weight excluding hydrogens is 282 g/mol. The number of nitrogens with two attached hydrogens (primary N) is 1. The van der Waals surface area contributed by atoms with E-state index < -0.39 is 11.6 Å². The molecule has 0 saturated carbocycles. The van der Waals surface area contributed by atoms with Crippen molar-refractivity contribution < 1.29 is 8.78 Å². The van der Waals surface area contributed by atoms with Crippen LogP contribution in [0.4, 0.5) is 14.6 Å². The average Bonchev–Trinajstić information content (AvgIpc) is 2.42. The molecule has 1 aromatic carbocycles. The van der Waals surface area contributed by atoms with Gasteiger partial charge in [0.2, 0.25) is 0 Å². The van der Waals surface area contributed by atoms with E-state index in [4.69, 9.17) is 5.84 Å². The van der Waals surface area contributed by atoms with Crippen molar-refractivity contribution in [3.8, 4) is 0 Å². The zero-order chi connectivity index (χ0) is 14.7. The van der Waals surface area contributed by atoms with Gasteiger partial charge in [-0.15, -0.1) is 0 Å². The summed E-state index contributed by atoms with van der Waals surface area (Å²) in [5, 5.41) is 0.549. The van der Waals surface area contributed by atoms with Crippen molar-refractivity contribution in [2.45, 2.75) is 29.7 Å². The monoisotopic (exact) mass is 296 g/mol. The maximum Gasteiger partial charge on any atom is 0.147 e. The van der Waals surface area contributed by atoms with E-state index in [2.05, 4.69) is 15.4 Å². The summed E-state index contributed by atoms with van der Waals surface area (Å²) in [5.74, 6) is 5.00. The molecule has 0 saturated heterocycles. The zero-order valence-electron chi connectivity index (χ0n) is 11.0. The van der Waals surface area contributed by atoms with Crippen molar-refractivity contribution in [3.63, 3.8) is 0 Å². The standard InChI is InChI=1S/C13H14F2N4S/c1-7(2)11-12(19-16)17-6-18-13(11)20-10-5-8(14)3-4-9(10)15/h3-7H,16H2,1-2H3,(H,17,18,19). The summed E-state index contributed by atoms with van der Waals surface area (Å²) in [4.78, 5) is 8.35. The van der Waals surface area contributed by atoms with E-state index in [0.717, 1.165) is 35.5 Å². The third-order valence-electron chi connectivity index (χ3n) is 2.66. The lowest BCUT2D eigenvalue weighted by Gasteiger charge is -2.15. The maximum absolute atomic E-state index is 13.7. The molecule has 0 spiro atoms. The number of hydrogen-bond acceptors (Lipinski definition) is 5. The van der Waals surface area contributed by atoms with Crippen molar-refractivity contribution >= 4 is 17.6 Å². The summed E-state index contributed by atoms with van der Waals surface area (Å²) >= 11 is 1.05. The van der Waals surface area contributed by atoms with Gasteiger partial charge in [-0.1, -0.05) is 25.6 Å². The van der Waals surface area contributed by atoms with Crippen LogP contribution in [0.3, 0.4) is 0 Å². The lowest BCUT2D eigenvalue weighted by atomic mass is 10.1. The molecule has 2 rings (SSSR count). The number of hydrogen-bond donors (Lipinski definition) is 2. The van der Waals surface area contributed by atoms with Crippen LogP contribution in [0.5, 0.6) is 0 Å². The van der Waals surface area contributed by atoms with Crippen LogP contribution in [0.25, 0.3) is 0 Å². The summed E-state index contributed by atoms with van der Waals surface area (Å²) in [5.41, 5.74) is 3.26. The number of hydrazine groups is 1. The molecule has 3 N–H and O–H groups in total. The molecule has 0 fully saturated rings. The number of rotatable bonds is 4. The highest BCUT2D eigenvalue weighted by Crippen LogP contribution is 2.36. The van der Waals surface area contributed by atoms with Crippen LogP contribution in [-0.2, 0) is 0 Å². The summed E-state index contributed by atoms with van der Waals surface area (Å²) in [6.45, 7) is 3.90. The van der Waals surface area contributed by atoms with E-state index in [1.807, 2.05) is 13.8 Å². The number of nitrogens with zero attached hydrogens (tertiary/aromatic N) is 2. The van der Waals surface area contributed by atoms with Crippen LogP contribution >= 0.6 is 11.8 Å². The average molecular weight is 296 g/mol. The van der Waals surface area contributed by atoms with Gasteiger partial charge < -0.3 is 5.43 Å². The highest BCUT2D eigenvalue weighted by molar-refractivity contribution is 7.99. The van der Waals surface area contributed by atoms with Gasteiger partial charge >= 0.3 is 0 Å². The largest absolute Gasteiger partial charge is 0.308 e. The third kappa shape index (κ3) is 3.05. The molecule has 7 heteroatoms. The minimum atomic E-state index is -0.494. The van der Waals surface area contributed by atoms with E-state index in [0.29, 0.717) is 10.8 Å². The number of halogens is 2. The Bertz CT molecular complexity index is 619. The van der Waals surface area contributed by atoms with Crippen LogP contribution in [0, 0.1) is 11.6 Å². The number of benzene rings is 1. The zero-order valence-corrected chi connectivity index (χ0v) is 11.8. The predicted octanol–water partition coefficient (Wildman–Crippen LogP) is 3.32. The van der Waals surface area contributed by atoms with Crippen molar-refractivity contribution in [1.82, 2.24) is 9.97 Å². The molecule has 0 atom stereocenters. The normalized spacial score (nSPS) is 10.9. The Morgan fingerprint density at radius 2 is 2.00 bits per heavy atom. The lowest BCUT2D eigenvalue weighted by Crippen LogP contribution is -2.13. The minimum absolute atomic E-state index is 0.0846. The highest BCUT2D eigenvalue weighted by atomic mass is 32.2. The Labute approximate surface area is 119 Å². The second kappa shape index (κ2) is 6.15. The van der Waals surface area contributed by atoms with Gasteiger partial charge in [0.25, 0.3) is 0 Å². The molecule has 0 aliphatic heterocycles. The molecular formula is C13H14F2N4S. The topological polar surface area (TPSA) is 63.8 Å². The fraction of sp³-hybridized carbons (Fsp3) is 0.231. The fourth-order valence-electron chi connectivity index (χ4n) is 1.76. The predicted molar refractivity (Wildman–Crippen MR) is 74.4 cm³/mol. The molecule has 0 aliphatic carbocycles. The van der Waals surface area contributed by atoms with Crippen LogP contribution in [0.2, 0.25) is 0 Å². The molecule has 0 unspecified atom stereocenters. The molecule has 20 heavy (non-hydrogen) atoms. The number of anilines is 1. The van der Waals surface area contributed by atoms with Gasteiger partial charge in [0.05, 0.1) is 4.90 Å². The smallest absolute Gasteiger partial charge is 0.147 e. The van der Waals surface area contributed by atoms with E-state index >= 15 is 0 Å². The first kappa shape index (κ1) is 14.7. The second-order valence-corrected chi connectivity index (χ2v) is 5.45. The Balaban J connectivity index is 2.45. The maximum atomic E-state index is 13.7. The Morgan fingerprint density at radius 3 is 2.65 bits per heavy atom. The molecule has 1 aromatic heterocycles. The fourth-order valence-corrected chi connectivity index (χ4v) is 2.84. The first-order chi connectivity index (χ1) is 9.52. The molecule has 1 heterocycles. The molecule has 106 valence electrons. The van der Waals surface area contributed by atoms with Crippen LogP contribution < -0.4 is 11.3 Å². The summed E-state index contributed by atoms with van der Waals surface area (Å²) in [7, 11) is 0. The first-order valence-electron chi connectivity index (χ1n) is 5.97. The first-order valence-corrected chi connectivity index (χ1v) is 6.79. The molecule has 0 amide bonds. The third-order valence-corrected chi connectivity index (χ3v) is 3.71. The van der Waals surface area contributed by atoms with E-state index in [9.17, 15) is 8.78 Å². The molecule has 0 bridgehead atoms. The Morgan fingerprint density at radius 1 is 1.25 bits per heavy atom. The molecule has 4 nitrogen and oxygen atoms in total. The Kier molecular flexibility index (Phi) is 4.51. The van der Waals surface area contributed by atoms with Crippen molar-refractivity contribution in [2.24, 2.45) is 5.84 Å². The lowest BCUT2D eigenvalue weighted by molar-refractivity contribution is 0.577. The van der Waals surface area contributed by atoms with Gasteiger partial charge in [-0.3, -0.25) is 0 Å². The van der Waals surface area contributed by atoms with Crippen LogP contribution in [0.1, 0.15) is 25.3 Å². The summed E-state index contributed by atoms with van der Waals surface area (Å²) in [6, 6.07) is 3.31. The summed E-state index contributed by atoms with van der Waals surface area (Å²) in [6.07, 6.45) is 1.33. The van der Waals surface area contributed by atoms with Gasteiger partial charge in [-0.2, -0.15) is 0 Å². The van der Waals surface area contributed by atoms with Crippen LogP contribution in [0.15, 0.2) is 34.4 Å². The SMILES string of the molecule is CC(C)c1c(NN)ncnc1Sc1cc(F)ccc1F. The van der Waals surface area contributed by atoms with Gasteiger partial charge in [0.15, 0.2) is 0 Å².